The molecule has 1 N–H and O–H groups in total. The number of thiazole rings is 1. The van der Waals surface area contributed by atoms with Gasteiger partial charge in [-0.3, -0.25) is 0 Å². The van der Waals surface area contributed by atoms with Crippen LogP contribution in [0.15, 0.2) is 18.0 Å². The summed E-state index contributed by atoms with van der Waals surface area (Å²) in [7, 11) is 0. The lowest BCUT2D eigenvalue weighted by Gasteiger charge is -2.23. The maximum absolute atomic E-state index is 4.33. The van der Waals surface area contributed by atoms with E-state index in [1.54, 1.807) is 11.3 Å². The Morgan fingerprint density at radius 2 is 2.28 bits per heavy atom. The van der Waals surface area contributed by atoms with E-state index in [1.807, 2.05) is 18.0 Å². The quantitative estimate of drug-likeness (QED) is 0.922. The highest BCUT2D eigenvalue weighted by molar-refractivity contribution is 7.09. The van der Waals surface area contributed by atoms with Gasteiger partial charge < -0.3 is 9.88 Å². The Labute approximate surface area is 111 Å². The van der Waals surface area contributed by atoms with Crippen molar-refractivity contribution in [2.75, 3.05) is 13.1 Å². The van der Waals surface area contributed by atoms with Crippen molar-refractivity contribution < 1.29 is 0 Å². The van der Waals surface area contributed by atoms with Crippen molar-refractivity contribution in [2.45, 2.75) is 32.2 Å². The summed E-state index contributed by atoms with van der Waals surface area (Å²) in [4.78, 5) is 9.98. The van der Waals surface area contributed by atoms with Gasteiger partial charge in [0.2, 0.25) is 0 Å². The van der Waals surface area contributed by atoms with E-state index in [0.717, 1.165) is 25.3 Å². The Morgan fingerprint density at radius 3 is 3.00 bits per heavy atom. The minimum absolute atomic E-state index is 0.655. The Bertz CT molecular complexity index is 511. The Morgan fingerprint density at radius 1 is 1.44 bits per heavy atom. The van der Waals surface area contributed by atoms with Gasteiger partial charge in [-0.15, -0.1) is 11.3 Å². The van der Waals surface area contributed by atoms with Crippen molar-refractivity contribution >= 4 is 11.3 Å². The van der Waals surface area contributed by atoms with Crippen LogP contribution in [0, 0.1) is 6.92 Å². The Balaban J connectivity index is 1.80. The van der Waals surface area contributed by atoms with Crippen LogP contribution in [-0.4, -0.2) is 27.6 Å². The summed E-state index contributed by atoms with van der Waals surface area (Å²) in [5.74, 6) is 0.655. The van der Waals surface area contributed by atoms with Gasteiger partial charge in [-0.25, -0.2) is 9.97 Å². The molecule has 1 saturated heterocycles. The molecule has 3 rings (SSSR count). The lowest BCUT2D eigenvalue weighted by molar-refractivity contribution is 0.442. The number of nitrogens with one attached hydrogen (secondary N) is 1. The summed E-state index contributed by atoms with van der Waals surface area (Å²) in [6.07, 6.45) is 6.42. The van der Waals surface area contributed by atoms with Crippen molar-refractivity contribution in [1.82, 2.24) is 19.9 Å². The van der Waals surface area contributed by atoms with Crippen molar-refractivity contribution in [2.24, 2.45) is 0 Å². The molecule has 0 unspecified atom stereocenters. The summed E-state index contributed by atoms with van der Waals surface area (Å²) in [6.45, 7) is 5.23. The third-order valence-corrected chi connectivity index (χ3v) is 4.58. The fourth-order valence-electron chi connectivity index (χ4n) is 2.55. The maximum atomic E-state index is 4.33. The molecule has 4 nitrogen and oxygen atoms in total. The zero-order valence-corrected chi connectivity index (χ0v) is 11.4. The van der Waals surface area contributed by atoms with Crippen molar-refractivity contribution in [1.29, 1.82) is 0 Å². The van der Waals surface area contributed by atoms with Crippen LogP contribution in [0.25, 0.3) is 0 Å². The van der Waals surface area contributed by atoms with Crippen LogP contribution in [0.1, 0.15) is 35.0 Å². The predicted molar refractivity (Wildman–Crippen MR) is 73.0 cm³/mol. The molecule has 1 fully saturated rings. The average molecular weight is 262 g/mol. The molecular formula is C13H18N4S. The fraction of sp³-hybridized carbons (Fsp3) is 0.538. The van der Waals surface area contributed by atoms with Crippen LogP contribution in [0.4, 0.5) is 0 Å². The molecule has 0 saturated carbocycles. The van der Waals surface area contributed by atoms with Gasteiger partial charge in [0.05, 0.1) is 24.1 Å². The minimum Gasteiger partial charge on any atom is -0.329 e. The average Bonchev–Trinajstić information content (AvgIpc) is 3.01. The first-order valence-electron chi connectivity index (χ1n) is 6.44. The maximum Gasteiger partial charge on any atom is 0.0951 e. The van der Waals surface area contributed by atoms with Crippen LogP contribution < -0.4 is 5.32 Å². The summed E-state index contributed by atoms with van der Waals surface area (Å²) < 4.78 is 2.29. The second kappa shape index (κ2) is 5.20. The number of aromatic nitrogens is 3. The van der Waals surface area contributed by atoms with Gasteiger partial charge in [0, 0.05) is 22.7 Å². The zero-order chi connectivity index (χ0) is 12.4. The highest BCUT2D eigenvalue weighted by Crippen LogP contribution is 2.26. The van der Waals surface area contributed by atoms with E-state index in [2.05, 4.69) is 26.8 Å². The monoisotopic (exact) mass is 262 g/mol. The van der Waals surface area contributed by atoms with E-state index in [1.165, 1.54) is 23.4 Å². The molecule has 18 heavy (non-hydrogen) atoms. The van der Waals surface area contributed by atoms with Gasteiger partial charge in [0.25, 0.3) is 0 Å². The predicted octanol–water partition coefficient (Wildman–Crippen LogP) is 2.16. The number of aryl methyl sites for hydroxylation is 1. The third-order valence-electron chi connectivity index (χ3n) is 3.66. The standard InChI is InChI=1S/C13H18N4S/c1-10-13(18-9-16-10)7-17-8-15-6-12(17)11-2-4-14-5-3-11/h6,8-9,11,14H,2-5,7H2,1H3. The zero-order valence-electron chi connectivity index (χ0n) is 10.6. The van der Waals surface area contributed by atoms with E-state index < -0.39 is 0 Å². The first kappa shape index (κ1) is 11.9. The molecule has 96 valence electrons. The van der Waals surface area contributed by atoms with Crippen molar-refractivity contribution in [3.05, 3.63) is 34.3 Å². The molecule has 0 atom stereocenters. The Kier molecular flexibility index (Phi) is 3.43. The van der Waals surface area contributed by atoms with E-state index in [4.69, 9.17) is 0 Å². The largest absolute Gasteiger partial charge is 0.329 e. The lowest BCUT2D eigenvalue weighted by atomic mass is 9.95. The van der Waals surface area contributed by atoms with Gasteiger partial charge in [0.1, 0.15) is 0 Å². The number of imidazole rings is 1. The molecule has 1 aliphatic heterocycles. The lowest BCUT2D eigenvalue weighted by Crippen LogP contribution is -2.27. The highest BCUT2D eigenvalue weighted by atomic mass is 32.1. The number of hydrogen-bond acceptors (Lipinski definition) is 4. The number of rotatable bonds is 3. The van der Waals surface area contributed by atoms with E-state index in [0.29, 0.717) is 5.92 Å². The van der Waals surface area contributed by atoms with E-state index >= 15 is 0 Å². The molecule has 0 spiro atoms. The number of hydrogen-bond donors (Lipinski definition) is 1. The molecule has 2 aromatic heterocycles. The molecule has 3 heterocycles. The van der Waals surface area contributed by atoms with Crippen LogP contribution >= 0.6 is 11.3 Å². The van der Waals surface area contributed by atoms with Crippen LogP contribution in [0.5, 0.6) is 0 Å². The van der Waals surface area contributed by atoms with Crippen molar-refractivity contribution in [3.63, 3.8) is 0 Å². The summed E-state index contributed by atoms with van der Waals surface area (Å²) in [5, 5.41) is 3.41. The van der Waals surface area contributed by atoms with Gasteiger partial charge in [-0.2, -0.15) is 0 Å². The molecular weight excluding hydrogens is 244 g/mol. The van der Waals surface area contributed by atoms with E-state index in [-0.39, 0.29) is 0 Å². The topological polar surface area (TPSA) is 42.7 Å². The molecule has 0 radical (unpaired) electrons. The van der Waals surface area contributed by atoms with Crippen LogP contribution in [-0.2, 0) is 6.54 Å². The molecule has 2 aromatic rings. The van der Waals surface area contributed by atoms with Gasteiger partial charge in [-0.05, 0) is 32.9 Å². The second-order valence-corrected chi connectivity index (χ2v) is 5.77. The Hall–Kier alpha value is -1.20. The SMILES string of the molecule is Cc1ncsc1Cn1cncc1C1CCNCC1. The smallest absolute Gasteiger partial charge is 0.0951 e. The van der Waals surface area contributed by atoms with Gasteiger partial charge in [-0.1, -0.05) is 0 Å². The van der Waals surface area contributed by atoms with E-state index in [9.17, 15) is 0 Å². The normalized spacial score (nSPS) is 17.2. The molecule has 0 aliphatic carbocycles. The second-order valence-electron chi connectivity index (χ2n) is 4.83. The molecule has 5 heteroatoms. The molecule has 0 aromatic carbocycles. The first-order chi connectivity index (χ1) is 8.84. The van der Waals surface area contributed by atoms with Gasteiger partial charge in [0.15, 0.2) is 0 Å². The minimum atomic E-state index is 0.655. The van der Waals surface area contributed by atoms with Crippen LogP contribution in [0.3, 0.4) is 0 Å². The molecule has 0 amide bonds. The summed E-state index contributed by atoms with van der Waals surface area (Å²) in [6, 6.07) is 0. The molecule has 0 bridgehead atoms. The fourth-order valence-corrected chi connectivity index (χ4v) is 3.33. The van der Waals surface area contributed by atoms with Crippen LogP contribution in [0.2, 0.25) is 0 Å². The highest BCUT2D eigenvalue weighted by Gasteiger charge is 2.19. The molecule has 1 aliphatic rings. The number of piperidine rings is 1. The third kappa shape index (κ3) is 2.33. The number of nitrogens with zero attached hydrogens (tertiary/aromatic N) is 3. The summed E-state index contributed by atoms with van der Waals surface area (Å²) >= 11 is 1.73. The first-order valence-corrected chi connectivity index (χ1v) is 7.32. The van der Waals surface area contributed by atoms with Gasteiger partial charge >= 0.3 is 0 Å². The van der Waals surface area contributed by atoms with Crippen molar-refractivity contribution in [3.8, 4) is 0 Å². The summed E-state index contributed by atoms with van der Waals surface area (Å²) in [5.41, 5.74) is 4.44.